The lowest BCUT2D eigenvalue weighted by Gasteiger charge is -2.08. The van der Waals surface area contributed by atoms with Crippen LogP contribution in [0.4, 0.5) is 0 Å². The van der Waals surface area contributed by atoms with E-state index < -0.39 is 0 Å². The highest BCUT2D eigenvalue weighted by molar-refractivity contribution is 6.31. The molecule has 3 aromatic heterocycles. The van der Waals surface area contributed by atoms with Crippen molar-refractivity contribution in [2.24, 2.45) is 0 Å². The number of rotatable bonds is 2. The molecule has 0 N–H and O–H groups in total. The molecule has 0 amide bonds. The zero-order valence-electron chi connectivity index (χ0n) is 13.3. The molecule has 7 heteroatoms. The molecule has 0 aliphatic rings. The van der Waals surface area contributed by atoms with Crippen LogP contribution >= 0.6 is 11.6 Å². The van der Waals surface area contributed by atoms with Crippen LogP contribution in [0, 0.1) is 6.92 Å². The van der Waals surface area contributed by atoms with Crippen molar-refractivity contribution < 1.29 is 0 Å². The second-order valence-corrected chi connectivity index (χ2v) is 6.30. The average Bonchev–Trinajstić information content (AvgIpc) is 2.59. The Bertz CT molecular complexity index is 1240. The predicted molar refractivity (Wildman–Crippen MR) is 96.3 cm³/mol. The smallest absolute Gasteiger partial charge is 0.261 e. The molecule has 0 bridgehead atoms. The zero-order chi connectivity index (χ0) is 17.6. The number of fused-ring (bicyclic) bond motifs is 2. The van der Waals surface area contributed by atoms with Crippen LogP contribution in [0.25, 0.3) is 16.6 Å². The van der Waals surface area contributed by atoms with Crippen molar-refractivity contribution in [3.05, 3.63) is 85.9 Å². The van der Waals surface area contributed by atoms with Crippen molar-refractivity contribution in [2.75, 3.05) is 0 Å². The van der Waals surface area contributed by atoms with Crippen molar-refractivity contribution in [3.8, 4) is 0 Å². The molecular weight excluding hydrogens is 340 g/mol. The van der Waals surface area contributed by atoms with Crippen LogP contribution in [0.2, 0.25) is 5.02 Å². The maximum absolute atomic E-state index is 12.6. The van der Waals surface area contributed by atoms with Crippen LogP contribution in [0.3, 0.4) is 0 Å². The number of nitrogens with zero attached hydrogens (tertiary/aromatic N) is 4. The van der Waals surface area contributed by atoms with Gasteiger partial charge in [-0.1, -0.05) is 17.7 Å². The van der Waals surface area contributed by atoms with E-state index in [0.29, 0.717) is 27.3 Å². The van der Waals surface area contributed by atoms with Crippen molar-refractivity contribution in [1.82, 2.24) is 18.9 Å². The standard InChI is InChI=1S/C18H13ClN4O2/c1-11-2-5-16-21-13(7-17(24)23(16)8-11)9-22-10-20-15-4-3-12(19)6-14(15)18(22)25/h2-8,10H,9H2,1H3. The Kier molecular flexibility index (Phi) is 3.62. The number of pyridine rings is 1. The maximum Gasteiger partial charge on any atom is 0.261 e. The van der Waals surface area contributed by atoms with Gasteiger partial charge in [0.05, 0.1) is 29.5 Å². The van der Waals surface area contributed by atoms with Gasteiger partial charge in [0.2, 0.25) is 0 Å². The Morgan fingerprint density at radius 1 is 1.12 bits per heavy atom. The molecule has 0 fully saturated rings. The molecule has 1 aromatic carbocycles. The molecule has 6 nitrogen and oxygen atoms in total. The monoisotopic (exact) mass is 352 g/mol. The summed E-state index contributed by atoms with van der Waals surface area (Å²) in [5.74, 6) is 0. The maximum atomic E-state index is 12.6. The first-order valence-electron chi connectivity index (χ1n) is 7.65. The van der Waals surface area contributed by atoms with E-state index in [1.54, 1.807) is 30.5 Å². The first kappa shape index (κ1) is 15.5. The highest BCUT2D eigenvalue weighted by Gasteiger charge is 2.08. The fourth-order valence-electron chi connectivity index (χ4n) is 2.76. The van der Waals surface area contributed by atoms with E-state index in [-0.39, 0.29) is 17.7 Å². The van der Waals surface area contributed by atoms with Crippen LogP contribution in [0.5, 0.6) is 0 Å². The summed E-state index contributed by atoms with van der Waals surface area (Å²) in [7, 11) is 0. The average molecular weight is 353 g/mol. The van der Waals surface area contributed by atoms with Gasteiger partial charge in [0.25, 0.3) is 11.1 Å². The number of aryl methyl sites for hydroxylation is 1. The molecule has 0 aliphatic carbocycles. The van der Waals surface area contributed by atoms with Crippen molar-refractivity contribution in [3.63, 3.8) is 0 Å². The molecule has 4 aromatic rings. The van der Waals surface area contributed by atoms with Crippen molar-refractivity contribution in [1.29, 1.82) is 0 Å². The first-order valence-corrected chi connectivity index (χ1v) is 8.03. The van der Waals surface area contributed by atoms with Gasteiger partial charge in [-0.15, -0.1) is 0 Å². The van der Waals surface area contributed by atoms with Crippen LogP contribution in [-0.2, 0) is 6.54 Å². The SMILES string of the molecule is Cc1ccc2nc(Cn3cnc4ccc(Cl)cc4c3=O)cc(=O)n2c1. The third kappa shape index (κ3) is 2.81. The lowest BCUT2D eigenvalue weighted by Crippen LogP contribution is -2.23. The number of hydrogen-bond acceptors (Lipinski definition) is 4. The molecule has 0 aliphatic heterocycles. The summed E-state index contributed by atoms with van der Waals surface area (Å²) < 4.78 is 2.91. The lowest BCUT2D eigenvalue weighted by molar-refractivity contribution is 0.726. The van der Waals surface area contributed by atoms with E-state index in [0.717, 1.165) is 5.56 Å². The van der Waals surface area contributed by atoms with Gasteiger partial charge >= 0.3 is 0 Å². The van der Waals surface area contributed by atoms with Crippen LogP contribution < -0.4 is 11.1 Å². The molecule has 0 unspecified atom stereocenters. The molecule has 4 rings (SSSR count). The van der Waals surface area contributed by atoms with Gasteiger partial charge in [-0.25, -0.2) is 9.97 Å². The molecule has 0 radical (unpaired) electrons. The second-order valence-electron chi connectivity index (χ2n) is 5.86. The molecule has 0 saturated heterocycles. The molecule has 25 heavy (non-hydrogen) atoms. The molecule has 0 spiro atoms. The van der Waals surface area contributed by atoms with Gasteiger partial charge in [0.1, 0.15) is 5.65 Å². The Balaban J connectivity index is 1.82. The highest BCUT2D eigenvalue weighted by Crippen LogP contribution is 2.14. The number of hydrogen-bond donors (Lipinski definition) is 0. The van der Waals surface area contributed by atoms with Crippen LogP contribution in [-0.4, -0.2) is 18.9 Å². The van der Waals surface area contributed by atoms with E-state index in [4.69, 9.17) is 11.6 Å². The van der Waals surface area contributed by atoms with E-state index >= 15 is 0 Å². The summed E-state index contributed by atoms with van der Waals surface area (Å²) in [5.41, 5.74) is 2.17. The van der Waals surface area contributed by atoms with Crippen molar-refractivity contribution in [2.45, 2.75) is 13.5 Å². The van der Waals surface area contributed by atoms with E-state index in [1.165, 1.54) is 21.4 Å². The quantitative estimate of drug-likeness (QED) is 0.555. The van der Waals surface area contributed by atoms with E-state index in [2.05, 4.69) is 9.97 Å². The molecule has 124 valence electrons. The molecule has 3 heterocycles. The summed E-state index contributed by atoms with van der Waals surface area (Å²) in [6, 6.07) is 10.1. The number of aromatic nitrogens is 4. The van der Waals surface area contributed by atoms with Crippen LogP contribution in [0.15, 0.2) is 58.5 Å². The summed E-state index contributed by atoms with van der Waals surface area (Å²) in [4.78, 5) is 33.6. The Hall–Kier alpha value is -2.99. The Morgan fingerprint density at radius 2 is 1.96 bits per heavy atom. The minimum atomic E-state index is -0.224. The fraction of sp³-hybridized carbons (Fsp3) is 0.111. The normalized spacial score (nSPS) is 11.3. The van der Waals surface area contributed by atoms with E-state index in [1.807, 2.05) is 13.0 Å². The summed E-state index contributed by atoms with van der Waals surface area (Å²) >= 11 is 5.97. The predicted octanol–water partition coefficient (Wildman–Crippen LogP) is 2.41. The minimum absolute atomic E-state index is 0.161. The Morgan fingerprint density at radius 3 is 2.80 bits per heavy atom. The molecule has 0 atom stereocenters. The minimum Gasteiger partial charge on any atom is -0.293 e. The topological polar surface area (TPSA) is 69.3 Å². The summed E-state index contributed by atoms with van der Waals surface area (Å²) in [6.07, 6.45) is 3.19. The van der Waals surface area contributed by atoms with Gasteiger partial charge in [-0.05, 0) is 36.8 Å². The lowest BCUT2D eigenvalue weighted by atomic mass is 10.2. The van der Waals surface area contributed by atoms with Gasteiger partial charge in [0, 0.05) is 17.3 Å². The van der Waals surface area contributed by atoms with Gasteiger partial charge in [0.15, 0.2) is 0 Å². The third-order valence-corrected chi connectivity index (χ3v) is 4.21. The van der Waals surface area contributed by atoms with Gasteiger partial charge < -0.3 is 0 Å². The summed E-state index contributed by atoms with van der Waals surface area (Å²) in [6.45, 7) is 2.07. The van der Waals surface area contributed by atoms with Gasteiger partial charge in [-0.3, -0.25) is 18.6 Å². The van der Waals surface area contributed by atoms with E-state index in [9.17, 15) is 9.59 Å². The largest absolute Gasteiger partial charge is 0.293 e. The van der Waals surface area contributed by atoms with Gasteiger partial charge in [-0.2, -0.15) is 0 Å². The van der Waals surface area contributed by atoms with Crippen LogP contribution in [0.1, 0.15) is 11.3 Å². The highest BCUT2D eigenvalue weighted by atomic mass is 35.5. The number of benzene rings is 1. The fourth-order valence-corrected chi connectivity index (χ4v) is 2.93. The van der Waals surface area contributed by atoms with Crippen molar-refractivity contribution >= 4 is 28.2 Å². The third-order valence-electron chi connectivity index (χ3n) is 3.98. The summed E-state index contributed by atoms with van der Waals surface area (Å²) in [5, 5.41) is 0.907. The Labute approximate surface area is 147 Å². The molecular formula is C18H13ClN4O2. The number of halogens is 1. The zero-order valence-corrected chi connectivity index (χ0v) is 14.1. The second kappa shape index (κ2) is 5.82. The molecule has 0 saturated carbocycles. The first-order chi connectivity index (χ1) is 12.0.